The molecule has 1 amide bonds. The molecule has 3 aromatic rings. The smallest absolute Gasteiger partial charge is 0.256 e. The number of sulfonamides is 1. The van der Waals surface area contributed by atoms with Crippen molar-refractivity contribution >= 4 is 26.8 Å². The molecule has 2 aliphatic rings. The summed E-state index contributed by atoms with van der Waals surface area (Å²) in [5.74, 6) is 0.245. The number of hydrogen-bond donors (Lipinski definition) is 1. The minimum atomic E-state index is -3.14. The monoisotopic (exact) mass is 555 g/mol. The lowest BCUT2D eigenvalue weighted by atomic mass is 9.80. The maximum Gasteiger partial charge on any atom is 0.256 e. The molecule has 1 aliphatic heterocycles. The number of nitrogens with one attached hydrogen (secondary N) is 1. The van der Waals surface area contributed by atoms with E-state index in [-0.39, 0.29) is 18.0 Å². The van der Waals surface area contributed by atoms with E-state index in [2.05, 4.69) is 20.8 Å². The molecule has 3 heterocycles. The number of likely N-dealkylation sites (tertiary alicyclic amines) is 1. The number of carbonyl (C=O) groups excluding carboxylic acids is 1. The number of hydrogen-bond acceptors (Lipinski definition) is 5. The summed E-state index contributed by atoms with van der Waals surface area (Å²) >= 11 is 0. The van der Waals surface area contributed by atoms with Crippen LogP contribution in [0.4, 0.5) is 4.39 Å². The molecule has 0 bridgehead atoms. The Kier molecular flexibility index (Phi) is 7.81. The normalized spacial score (nSPS) is 20.9. The highest BCUT2D eigenvalue weighted by atomic mass is 32.2. The van der Waals surface area contributed by atoms with Gasteiger partial charge in [0.15, 0.2) is 0 Å². The van der Waals surface area contributed by atoms with Crippen LogP contribution in [0.2, 0.25) is 0 Å². The first-order valence-corrected chi connectivity index (χ1v) is 15.6. The van der Waals surface area contributed by atoms with E-state index in [1.54, 1.807) is 24.2 Å². The Labute approximate surface area is 230 Å². The zero-order valence-corrected chi connectivity index (χ0v) is 23.9. The Balaban J connectivity index is 1.34. The Morgan fingerprint density at radius 3 is 2.59 bits per heavy atom. The Bertz CT molecular complexity index is 1460. The molecule has 1 N–H and O–H groups in total. The van der Waals surface area contributed by atoms with Crippen LogP contribution in [0.15, 0.2) is 42.9 Å². The number of rotatable bonds is 8. The Hall–Kier alpha value is -2.82. The molecule has 0 unspecified atom stereocenters. The van der Waals surface area contributed by atoms with E-state index in [1.165, 1.54) is 24.0 Å². The van der Waals surface area contributed by atoms with Gasteiger partial charge in [0.05, 0.1) is 29.2 Å². The summed E-state index contributed by atoms with van der Waals surface area (Å²) in [5, 5.41) is 1.11. The van der Waals surface area contributed by atoms with Crippen LogP contribution in [0.5, 0.6) is 0 Å². The van der Waals surface area contributed by atoms with Crippen molar-refractivity contribution in [3.05, 3.63) is 59.8 Å². The van der Waals surface area contributed by atoms with Gasteiger partial charge in [-0.2, -0.15) is 0 Å². The van der Waals surface area contributed by atoms with E-state index in [9.17, 15) is 17.6 Å². The fraction of sp³-hybridized carbons (Fsp3) is 0.517. The van der Waals surface area contributed by atoms with E-state index in [0.29, 0.717) is 23.1 Å². The summed E-state index contributed by atoms with van der Waals surface area (Å²) in [6.45, 7) is 6.86. The van der Waals surface area contributed by atoms with E-state index >= 15 is 0 Å². The molecule has 0 radical (unpaired) electrons. The van der Waals surface area contributed by atoms with E-state index in [0.717, 1.165) is 56.2 Å². The second-order valence-electron chi connectivity index (χ2n) is 11.5. The lowest BCUT2D eigenvalue weighted by molar-refractivity contribution is 0.0754. The summed E-state index contributed by atoms with van der Waals surface area (Å²) < 4.78 is 41.9. The first kappa shape index (κ1) is 27.7. The molecule has 1 saturated heterocycles. The summed E-state index contributed by atoms with van der Waals surface area (Å²) in [7, 11) is -1.40. The first-order valence-electron chi connectivity index (χ1n) is 13.7. The number of nitrogens with zero attached hydrogens (tertiary/aromatic N) is 4. The molecule has 10 heteroatoms. The third-order valence-corrected chi connectivity index (χ3v) is 9.10. The number of halogens is 1. The quantitative estimate of drug-likeness (QED) is 0.451. The molecule has 1 saturated carbocycles. The summed E-state index contributed by atoms with van der Waals surface area (Å²) in [4.78, 5) is 21.8. The van der Waals surface area contributed by atoms with Crippen molar-refractivity contribution in [2.45, 2.75) is 57.5 Å². The number of carbonyl (C=O) groups is 1. The van der Waals surface area contributed by atoms with Gasteiger partial charge in [-0.05, 0) is 94.3 Å². The van der Waals surface area contributed by atoms with Crippen LogP contribution in [0.1, 0.15) is 61.4 Å². The van der Waals surface area contributed by atoms with E-state index in [4.69, 9.17) is 0 Å². The van der Waals surface area contributed by atoms with Crippen molar-refractivity contribution in [3.8, 4) is 5.69 Å². The molecule has 0 atom stereocenters. The van der Waals surface area contributed by atoms with Gasteiger partial charge in [0.25, 0.3) is 5.91 Å². The van der Waals surface area contributed by atoms with Gasteiger partial charge in [0.2, 0.25) is 10.0 Å². The van der Waals surface area contributed by atoms with Crippen LogP contribution in [0.3, 0.4) is 0 Å². The van der Waals surface area contributed by atoms with Crippen molar-refractivity contribution in [1.29, 1.82) is 0 Å². The van der Waals surface area contributed by atoms with Crippen LogP contribution in [-0.4, -0.2) is 78.7 Å². The van der Waals surface area contributed by atoms with Gasteiger partial charge >= 0.3 is 0 Å². The molecule has 210 valence electrons. The molecule has 1 aliphatic carbocycles. The predicted octanol–water partition coefficient (Wildman–Crippen LogP) is 4.15. The number of amides is 1. The maximum atomic E-state index is 14.3. The largest absolute Gasteiger partial charge is 0.339 e. The standard InChI is InChI=1S/C29H38FN5O3S/c1-19(2)33(3)29(36)25-15-22(30)5-6-27(25)35-18-26(24-7-10-31-16-28(24)35)21-8-11-34(12-9-21)17-20-13-23(14-20)32-39(4,37)38/h5-7,10,15-16,18-21,23,32H,8-9,11-14,17H2,1-4H3/t20-,23-. The lowest BCUT2D eigenvalue weighted by Crippen LogP contribution is -2.48. The van der Waals surface area contributed by atoms with Crippen LogP contribution >= 0.6 is 0 Å². The zero-order valence-electron chi connectivity index (χ0n) is 23.1. The topological polar surface area (TPSA) is 87.5 Å². The van der Waals surface area contributed by atoms with Gasteiger partial charge in [-0.25, -0.2) is 17.5 Å². The minimum Gasteiger partial charge on any atom is -0.339 e. The Morgan fingerprint density at radius 2 is 1.92 bits per heavy atom. The van der Waals surface area contributed by atoms with Crippen LogP contribution in [0.25, 0.3) is 16.6 Å². The second-order valence-corrected chi connectivity index (χ2v) is 13.3. The number of fused-ring (bicyclic) bond motifs is 1. The molecule has 39 heavy (non-hydrogen) atoms. The zero-order chi connectivity index (χ0) is 27.9. The minimum absolute atomic E-state index is 0.0146. The van der Waals surface area contributed by atoms with Gasteiger partial charge in [-0.1, -0.05) is 0 Å². The molecule has 0 spiro atoms. The second kappa shape index (κ2) is 11.0. The van der Waals surface area contributed by atoms with Crippen molar-refractivity contribution in [1.82, 2.24) is 24.1 Å². The molecule has 5 rings (SSSR count). The van der Waals surface area contributed by atoms with Gasteiger partial charge in [0, 0.05) is 43.5 Å². The van der Waals surface area contributed by atoms with Crippen LogP contribution in [-0.2, 0) is 10.0 Å². The maximum absolute atomic E-state index is 14.3. The van der Waals surface area contributed by atoms with Gasteiger partial charge < -0.3 is 14.4 Å². The van der Waals surface area contributed by atoms with Crippen LogP contribution < -0.4 is 4.72 Å². The summed E-state index contributed by atoms with van der Waals surface area (Å²) in [5.41, 5.74) is 3.12. The highest BCUT2D eigenvalue weighted by Crippen LogP contribution is 2.37. The predicted molar refractivity (Wildman–Crippen MR) is 151 cm³/mol. The Morgan fingerprint density at radius 1 is 1.21 bits per heavy atom. The average Bonchev–Trinajstić information content (AvgIpc) is 3.25. The van der Waals surface area contributed by atoms with Gasteiger partial charge in [-0.15, -0.1) is 0 Å². The van der Waals surface area contributed by atoms with Crippen molar-refractivity contribution in [2.24, 2.45) is 5.92 Å². The van der Waals surface area contributed by atoms with Crippen molar-refractivity contribution < 1.29 is 17.6 Å². The summed E-state index contributed by atoms with van der Waals surface area (Å²) in [6, 6.07) is 6.50. The average molecular weight is 556 g/mol. The number of pyridine rings is 1. The molecular weight excluding hydrogens is 517 g/mol. The highest BCUT2D eigenvalue weighted by molar-refractivity contribution is 7.88. The van der Waals surface area contributed by atoms with Gasteiger partial charge in [0.1, 0.15) is 5.82 Å². The third kappa shape index (κ3) is 6.02. The molecular formula is C29H38FN5O3S. The fourth-order valence-electron chi connectivity index (χ4n) is 6.01. The van der Waals surface area contributed by atoms with E-state index < -0.39 is 15.8 Å². The molecule has 1 aromatic carbocycles. The number of piperidine rings is 1. The van der Waals surface area contributed by atoms with E-state index in [1.807, 2.05) is 30.7 Å². The number of aromatic nitrogens is 2. The fourth-order valence-corrected chi connectivity index (χ4v) is 6.81. The van der Waals surface area contributed by atoms with Crippen LogP contribution in [0, 0.1) is 11.7 Å². The SMILES string of the molecule is CC(C)N(C)C(=O)c1cc(F)ccc1-n1cc(C2CCN(C[C@H]3C[C@H](NS(C)(=O)=O)C3)CC2)c2ccncc21. The molecule has 2 fully saturated rings. The third-order valence-electron chi connectivity index (χ3n) is 8.34. The lowest BCUT2D eigenvalue weighted by Gasteiger charge is -2.40. The van der Waals surface area contributed by atoms with Gasteiger partial charge in [-0.3, -0.25) is 9.78 Å². The summed E-state index contributed by atoms with van der Waals surface area (Å²) in [6.07, 6.45) is 10.8. The molecule has 2 aromatic heterocycles. The number of benzene rings is 1. The van der Waals surface area contributed by atoms with Crippen molar-refractivity contribution in [3.63, 3.8) is 0 Å². The highest BCUT2D eigenvalue weighted by Gasteiger charge is 2.33. The molecule has 8 nitrogen and oxygen atoms in total. The first-order chi connectivity index (χ1) is 18.5. The van der Waals surface area contributed by atoms with Crippen molar-refractivity contribution in [2.75, 3.05) is 32.9 Å².